The maximum Gasteiger partial charge on any atom is 0.0873 e. The summed E-state index contributed by atoms with van der Waals surface area (Å²) >= 11 is 0. The van der Waals surface area contributed by atoms with Crippen molar-refractivity contribution in [3.05, 3.63) is 29.6 Å². The van der Waals surface area contributed by atoms with E-state index in [0.29, 0.717) is 0 Å². The minimum absolute atomic E-state index is 0.0812. The number of likely N-dealkylation sites (N-methyl/N-ethyl adjacent to an activating group) is 1. The third-order valence-corrected chi connectivity index (χ3v) is 4.44. The molecule has 1 fully saturated rings. The van der Waals surface area contributed by atoms with Gasteiger partial charge in [-0.05, 0) is 38.4 Å². The Labute approximate surface area is 116 Å². The number of aryl methyl sites for hydroxylation is 1. The van der Waals surface area contributed by atoms with Gasteiger partial charge in [0.15, 0.2) is 0 Å². The van der Waals surface area contributed by atoms with E-state index in [1.165, 1.54) is 31.2 Å². The number of nitrogens with zero attached hydrogens (tertiary/aromatic N) is 1. The lowest BCUT2D eigenvalue weighted by molar-refractivity contribution is -0.0523. The van der Waals surface area contributed by atoms with Crippen molar-refractivity contribution in [3.63, 3.8) is 0 Å². The molecule has 0 bridgehead atoms. The summed E-state index contributed by atoms with van der Waals surface area (Å²) in [4.78, 5) is 4.44. The van der Waals surface area contributed by atoms with Crippen LogP contribution in [0, 0.1) is 6.92 Å². The van der Waals surface area contributed by atoms with Crippen LogP contribution in [0.4, 0.5) is 0 Å². The summed E-state index contributed by atoms with van der Waals surface area (Å²) in [5.41, 5.74) is 2.21. The highest BCUT2D eigenvalue weighted by atomic mass is 16.5. The standard InChI is InChI=1S/C16H26N2O/c1-13-8-9-14(12-18-13)15(17-2)16(19-3)10-6-4-5-7-11-16/h8-9,12,15,17H,4-7,10-11H2,1-3H3. The van der Waals surface area contributed by atoms with Gasteiger partial charge in [0.05, 0.1) is 11.6 Å². The second-order valence-corrected chi connectivity index (χ2v) is 5.64. The molecule has 2 rings (SSSR count). The first kappa shape index (κ1) is 14.5. The molecule has 1 saturated carbocycles. The van der Waals surface area contributed by atoms with Crippen molar-refractivity contribution >= 4 is 0 Å². The number of nitrogens with one attached hydrogen (secondary N) is 1. The number of pyridine rings is 1. The third kappa shape index (κ3) is 3.15. The van der Waals surface area contributed by atoms with Crippen molar-refractivity contribution in [2.45, 2.75) is 57.1 Å². The van der Waals surface area contributed by atoms with Gasteiger partial charge >= 0.3 is 0 Å². The lowest BCUT2D eigenvalue weighted by Crippen LogP contribution is -2.44. The van der Waals surface area contributed by atoms with Gasteiger partial charge in [-0.15, -0.1) is 0 Å². The zero-order chi connectivity index (χ0) is 13.7. The normalized spacial score (nSPS) is 20.8. The molecule has 1 aliphatic carbocycles. The minimum Gasteiger partial charge on any atom is -0.376 e. The zero-order valence-corrected chi connectivity index (χ0v) is 12.4. The molecule has 1 aliphatic rings. The molecule has 3 nitrogen and oxygen atoms in total. The van der Waals surface area contributed by atoms with Gasteiger partial charge in [0.1, 0.15) is 0 Å². The smallest absolute Gasteiger partial charge is 0.0873 e. The number of rotatable bonds is 4. The first-order chi connectivity index (χ1) is 9.22. The average Bonchev–Trinajstić information content (AvgIpc) is 2.68. The molecular weight excluding hydrogens is 236 g/mol. The van der Waals surface area contributed by atoms with Crippen molar-refractivity contribution in [2.24, 2.45) is 0 Å². The highest BCUT2D eigenvalue weighted by Crippen LogP contribution is 2.39. The molecule has 0 spiro atoms. The molecule has 1 atom stereocenters. The van der Waals surface area contributed by atoms with Crippen molar-refractivity contribution in [3.8, 4) is 0 Å². The summed E-state index contributed by atoms with van der Waals surface area (Å²) in [6.45, 7) is 2.02. The maximum absolute atomic E-state index is 6.01. The Morgan fingerprint density at radius 3 is 2.37 bits per heavy atom. The van der Waals surface area contributed by atoms with Gasteiger partial charge < -0.3 is 10.1 Å². The predicted molar refractivity (Wildman–Crippen MR) is 78.2 cm³/mol. The van der Waals surface area contributed by atoms with Gasteiger partial charge in [0.25, 0.3) is 0 Å². The Morgan fingerprint density at radius 2 is 1.89 bits per heavy atom. The van der Waals surface area contributed by atoms with E-state index < -0.39 is 0 Å². The molecule has 3 heteroatoms. The maximum atomic E-state index is 6.01. The topological polar surface area (TPSA) is 34.2 Å². The van der Waals surface area contributed by atoms with E-state index in [1.54, 1.807) is 0 Å². The number of ether oxygens (including phenoxy) is 1. The minimum atomic E-state index is -0.0812. The van der Waals surface area contributed by atoms with Crippen LogP contribution in [0.25, 0.3) is 0 Å². The van der Waals surface area contributed by atoms with Gasteiger partial charge in [-0.1, -0.05) is 31.7 Å². The third-order valence-electron chi connectivity index (χ3n) is 4.44. The second kappa shape index (κ2) is 6.49. The number of hydrogen-bond donors (Lipinski definition) is 1. The Hall–Kier alpha value is -0.930. The molecule has 1 N–H and O–H groups in total. The van der Waals surface area contributed by atoms with Gasteiger partial charge in [-0.2, -0.15) is 0 Å². The largest absolute Gasteiger partial charge is 0.376 e. The molecular formula is C16H26N2O. The van der Waals surface area contributed by atoms with Crippen LogP contribution in [0.5, 0.6) is 0 Å². The fraction of sp³-hybridized carbons (Fsp3) is 0.688. The molecule has 1 aromatic rings. The van der Waals surface area contributed by atoms with Crippen LogP contribution < -0.4 is 5.32 Å². The lowest BCUT2D eigenvalue weighted by atomic mass is 9.82. The van der Waals surface area contributed by atoms with Crippen LogP contribution in [0.3, 0.4) is 0 Å². The Balaban J connectivity index is 2.29. The van der Waals surface area contributed by atoms with Crippen LogP contribution in [-0.2, 0) is 4.74 Å². The Bertz CT molecular complexity index is 380. The van der Waals surface area contributed by atoms with E-state index in [0.717, 1.165) is 18.5 Å². The number of methoxy groups -OCH3 is 1. The quantitative estimate of drug-likeness (QED) is 0.845. The molecule has 106 valence electrons. The summed E-state index contributed by atoms with van der Waals surface area (Å²) in [6.07, 6.45) is 9.41. The van der Waals surface area contributed by atoms with E-state index in [2.05, 4.69) is 22.4 Å². The molecule has 0 radical (unpaired) electrons. The van der Waals surface area contributed by atoms with Gasteiger partial charge in [0.2, 0.25) is 0 Å². The van der Waals surface area contributed by atoms with Gasteiger partial charge in [0, 0.05) is 19.0 Å². The van der Waals surface area contributed by atoms with Crippen LogP contribution in [0.15, 0.2) is 18.3 Å². The SMILES string of the molecule is CNC(c1ccc(C)nc1)C1(OC)CCCCCC1. The summed E-state index contributed by atoms with van der Waals surface area (Å²) in [5, 5.41) is 3.46. The Morgan fingerprint density at radius 1 is 1.21 bits per heavy atom. The van der Waals surface area contributed by atoms with Crippen molar-refractivity contribution in [2.75, 3.05) is 14.2 Å². The monoisotopic (exact) mass is 262 g/mol. The van der Waals surface area contributed by atoms with E-state index >= 15 is 0 Å². The molecule has 1 unspecified atom stereocenters. The summed E-state index contributed by atoms with van der Waals surface area (Å²) in [6, 6.07) is 4.48. The first-order valence-corrected chi connectivity index (χ1v) is 7.37. The first-order valence-electron chi connectivity index (χ1n) is 7.37. The van der Waals surface area contributed by atoms with Gasteiger partial charge in [-0.25, -0.2) is 0 Å². The molecule has 0 saturated heterocycles. The molecule has 0 aliphatic heterocycles. The number of aromatic nitrogens is 1. The molecule has 1 aromatic heterocycles. The van der Waals surface area contributed by atoms with E-state index in [-0.39, 0.29) is 11.6 Å². The van der Waals surface area contributed by atoms with Crippen LogP contribution >= 0.6 is 0 Å². The van der Waals surface area contributed by atoms with E-state index in [1.807, 2.05) is 27.3 Å². The van der Waals surface area contributed by atoms with Crippen LogP contribution in [0.1, 0.15) is 55.8 Å². The van der Waals surface area contributed by atoms with Crippen molar-refractivity contribution in [1.82, 2.24) is 10.3 Å². The molecule has 1 heterocycles. The van der Waals surface area contributed by atoms with Crippen LogP contribution in [0.2, 0.25) is 0 Å². The molecule has 0 aromatic carbocycles. The highest BCUT2D eigenvalue weighted by Gasteiger charge is 2.39. The summed E-state index contributed by atoms with van der Waals surface area (Å²) in [7, 11) is 3.88. The van der Waals surface area contributed by atoms with Crippen molar-refractivity contribution < 1.29 is 4.74 Å². The van der Waals surface area contributed by atoms with Crippen molar-refractivity contribution in [1.29, 1.82) is 0 Å². The predicted octanol–water partition coefficient (Wildman–Crippen LogP) is 3.39. The molecule has 0 amide bonds. The Kier molecular flexibility index (Phi) is 4.94. The average molecular weight is 262 g/mol. The second-order valence-electron chi connectivity index (χ2n) is 5.64. The van der Waals surface area contributed by atoms with Crippen LogP contribution in [-0.4, -0.2) is 24.7 Å². The molecule has 19 heavy (non-hydrogen) atoms. The zero-order valence-electron chi connectivity index (χ0n) is 12.4. The fourth-order valence-corrected chi connectivity index (χ4v) is 3.32. The van der Waals surface area contributed by atoms with E-state index in [9.17, 15) is 0 Å². The summed E-state index contributed by atoms with van der Waals surface area (Å²) < 4.78 is 6.01. The fourth-order valence-electron chi connectivity index (χ4n) is 3.32. The van der Waals surface area contributed by atoms with E-state index in [4.69, 9.17) is 4.74 Å². The highest BCUT2D eigenvalue weighted by molar-refractivity contribution is 5.21. The van der Waals surface area contributed by atoms with Gasteiger partial charge in [-0.3, -0.25) is 4.98 Å². The summed E-state index contributed by atoms with van der Waals surface area (Å²) in [5.74, 6) is 0. The number of hydrogen-bond acceptors (Lipinski definition) is 3. The lowest BCUT2D eigenvalue weighted by Gasteiger charge is -2.39.